The van der Waals surface area contributed by atoms with Crippen molar-refractivity contribution in [3.63, 3.8) is 0 Å². The van der Waals surface area contributed by atoms with Crippen LogP contribution < -0.4 is 14.8 Å². The van der Waals surface area contributed by atoms with Gasteiger partial charge in [-0.2, -0.15) is 0 Å². The van der Waals surface area contributed by atoms with E-state index < -0.39 is 11.4 Å². The fourth-order valence-electron chi connectivity index (χ4n) is 2.53. The lowest BCUT2D eigenvalue weighted by atomic mass is 9.82. The highest BCUT2D eigenvalue weighted by Crippen LogP contribution is 2.28. The van der Waals surface area contributed by atoms with Crippen molar-refractivity contribution < 1.29 is 24.2 Å². The normalized spacial score (nSPS) is 11.0. The summed E-state index contributed by atoms with van der Waals surface area (Å²) in [7, 11) is 3.14. The fraction of sp³-hybridized carbons (Fsp3) is 0.556. The van der Waals surface area contributed by atoms with Crippen molar-refractivity contribution in [1.29, 1.82) is 0 Å². The predicted molar refractivity (Wildman–Crippen MR) is 91.5 cm³/mol. The molecule has 0 saturated heterocycles. The van der Waals surface area contributed by atoms with E-state index in [0.717, 1.165) is 5.56 Å². The molecule has 0 fully saturated rings. The Morgan fingerprint density at radius 3 is 2.25 bits per heavy atom. The maximum Gasteiger partial charge on any atom is 0.311 e. The van der Waals surface area contributed by atoms with Gasteiger partial charge in [-0.05, 0) is 37.0 Å². The van der Waals surface area contributed by atoms with Crippen molar-refractivity contribution in [3.05, 3.63) is 23.8 Å². The van der Waals surface area contributed by atoms with Crippen LogP contribution in [0.3, 0.4) is 0 Å². The number of aryl methyl sites for hydroxylation is 1. The summed E-state index contributed by atoms with van der Waals surface area (Å²) >= 11 is 0. The number of hydrogen-bond acceptors (Lipinski definition) is 4. The first-order valence-electron chi connectivity index (χ1n) is 8.13. The van der Waals surface area contributed by atoms with E-state index in [1.165, 1.54) is 0 Å². The minimum absolute atomic E-state index is 0.153. The van der Waals surface area contributed by atoms with E-state index >= 15 is 0 Å². The molecule has 1 aromatic carbocycles. The van der Waals surface area contributed by atoms with Crippen molar-refractivity contribution in [3.8, 4) is 11.5 Å². The summed E-state index contributed by atoms with van der Waals surface area (Å²) in [4.78, 5) is 23.5. The smallest absolute Gasteiger partial charge is 0.311 e. The van der Waals surface area contributed by atoms with Gasteiger partial charge >= 0.3 is 5.97 Å². The molecule has 0 aliphatic carbocycles. The number of carboxylic acids is 1. The molecule has 1 aromatic rings. The first kappa shape index (κ1) is 19.8. The van der Waals surface area contributed by atoms with Crippen LogP contribution in [0.1, 0.15) is 38.7 Å². The van der Waals surface area contributed by atoms with Gasteiger partial charge in [0.15, 0.2) is 11.5 Å². The SMILES string of the molecule is CCC(CC)(CNC(=O)CCc1ccc(OC)c(OC)c1)C(=O)O. The average Bonchev–Trinajstić information content (AvgIpc) is 2.60. The molecule has 0 saturated carbocycles. The van der Waals surface area contributed by atoms with E-state index in [1.807, 2.05) is 26.0 Å². The molecular formula is C18H27NO5. The maximum atomic E-state index is 12.0. The van der Waals surface area contributed by atoms with Gasteiger partial charge in [0.25, 0.3) is 0 Å². The van der Waals surface area contributed by atoms with Crippen LogP contribution in [0.15, 0.2) is 18.2 Å². The van der Waals surface area contributed by atoms with Crippen LogP contribution in [0, 0.1) is 5.41 Å². The number of carbonyl (C=O) groups is 2. The number of carbonyl (C=O) groups excluding carboxylic acids is 1. The summed E-state index contributed by atoms with van der Waals surface area (Å²) in [5.41, 5.74) is 0.0669. The average molecular weight is 337 g/mol. The van der Waals surface area contributed by atoms with Gasteiger partial charge in [-0.1, -0.05) is 19.9 Å². The quantitative estimate of drug-likeness (QED) is 0.685. The molecule has 6 heteroatoms. The van der Waals surface area contributed by atoms with Gasteiger partial charge in [-0.25, -0.2) is 0 Å². The Balaban J connectivity index is 2.59. The number of hydrogen-bond donors (Lipinski definition) is 2. The lowest BCUT2D eigenvalue weighted by Gasteiger charge is -2.26. The second-order valence-corrected chi connectivity index (χ2v) is 5.76. The topological polar surface area (TPSA) is 84.9 Å². The molecule has 1 amide bonds. The zero-order valence-corrected chi connectivity index (χ0v) is 14.8. The Morgan fingerprint density at radius 2 is 1.75 bits per heavy atom. The van der Waals surface area contributed by atoms with E-state index in [1.54, 1.807) is 20.3 Å². The maximum absolute atomic E-state index is 12.0. The molecule has 0 bridgehead atoms. The summed E-state index contributed by atoms with van der Waals surface area (Å²) in [5, 5.41) is 12.1. The Kier molecular flexibility index (Phi) is 7.55. The molecule has 6 nitrogen and oxygen atoms in total. The van der Waals surface area contributed by atoms with E-state index in [2.05, 4.69) is 5.32 Å². The second-order valence-electron chi connectivity index (χ2n) is 5.76. The molecule has 0 aromatic heterocycles. The highest BCUT2D eigenvalue weighted by Gasteiger charge is 2.34. The summed E-state index contributed by atoms with van der Waals surface area (Å²) in [6, 6.07) is 5.52. The second kappa shape index (κ2) is 9.15. The number of nitrogens with one attached hydrogen (secondary N) is 1. The molecule has 134 valence electrons. The number of rotatable bonds is 10. The molecule has 0 aliphatic rings. The van der Waals surface area contributed by atoms with Crippen molar-refractivity contribution in [2.45, 2.75) is 39.5 Å². The Labute approximate surface area is 143 Å². The third kappa shape index (κ3) is 4.88. The van der Waals surface area contributed by atoms with E-state index in [0.29, 0.717) is 37.2 Å². The van der Waals surface area contributed by atoms with Gasteiger partial charge in [0.1, 0.15) is 0 Å². The molecule has 0 radical (unpaired) electrons. The minimum atomic E-state index is -0.890. The minimum Gasteiger partial charge on any atom is -0.493 e. The van der Waals surface area contributed by atoms with Crippen LogP contribution in [0.25, 0.3) is 0 Å². The van der Waals surface area contributed by atoms with Crippen LogP contribution in [0.5, 0.6) is 11.5 Å². The summed E-state index contributed by atoms with van der Waals surface area (Å²) in [6.07, 6.45) is 1.80. The molecule has 24 heavy (non-hydrogen) atoms. The summed E-state index contributed by atoms with van der Waals surface area (Å²) in [5.74, 6) is 0.241. The first-order chi connectivity index (χ1) is 11.4. The third-order valence-electron chi connectivity index (χ3n) is 4.52. The van der Waals surface area contributed by atoms with Crippen LogP contribution in [0.2, 0.25) is 0 Å². The highest BCUT2D eigenvalue weighted by atomic mass is 16.5. The molecule has 1 rings (SSSR count). The Bertz CT molecular complexity index is 567. The number of ether oxygens (including phenoxy) is 2. The van der Waals surface area contributed by atoms with Crippen molar-refractivity contribution in [2.75, 3.05) is 20.8 Å². The number of carboxylic acid groups (broad SMARTS) is 1. The van der Waals surface area contributed by atoms with Gasteiger partial charge in [-0.15, -0.1) is 0 Å². The lowest BCUT2D eigenvalue weighted by Crippen LogP contribution is -2.42. The van der Waals surface area contributed by atoms with Crippen LogP contribution >= 0.6 is 0 Å². The van der Waals surface area contributed by atoms with Crippen LogP contribution in [-0.2, 0) is 16.0 Å². The molecule has 0 atom stereocenters. The standard InChI is InChI=1S/C18H27NO5/c1-5-18(6-2,17(21)22)12-19-16(20)10-8-13-7-9-14(23-3)15(11-13)24-4/h7,9,11H,5-6,8,10,12H2,1-4H3,(H,19,20)(H,21,22). The third-order valence-corrected chi connectivity index (χ3v) is 4.52. The van der Waals surface area contributed by atoms with Gasteiger partial charge < -0.3 is 19.9 Å². The van der Waals surface area contributed by atoms with Gasteiger partial charge in [0.2, 0.25) is 5.91 Å². The molecule has 0 heterocycles. The zero-order valence-electron chi connectivity index (χ0n) is 14.8. The largest absolute Gasteiger partial charge is 0.493 e. The monoisotopic (exact) mass is 337 g/mol. The Morgan fingerprint density at radius 1 is 1.12 bits per heavy atom. The van der Waals surface area contributed by atoms with E-state index in [-0.39, 0.29) is 12.5 Å². The number of amides is 1. The van der Waals surface area contributed by atoms with E-state index in [4.69, 9.17) is 9.47 Å². The van der Waals surface area contributed by atoms with Gasteiger partial charge in [0, 0.05) is 13.0 Å². The molecule has 0 aliphatic heterocycles. The Hall–Kier alpha value is -2.24. The molecular weight excluding hydrogens is 310 g/mol. The van der Waals surface area contributed by atoms with Gasteiger partial charge in [-0.3, -0.25) is 9.59 Å². The van der Waals surface area contributed by atoms with Crippen LogP contribution in [0.4, 0.5) is 0 Å². The molecule has 2 N–H and O–H groups in total. The zero-order chi connectivity index (χ0) is 18.2. The summed E-state index contributed by atoms with van der Waals surface area (Å²) in [6.45, 7) is 3.81. The van der Waals surface area contributed by atoms with E-state index in [9.17, 15) is 14.7 Å². The van der Waals surface area contributed by atoms with Crippen molar-refractivity contribution in [1.82, 2.24) is 5.32 Å². The molecule has 0 spiro atoms. The molecule has 0 unspecified atom stereocenters. The van der Waals surface area contributed by atoms with Crippen LogP contribution in [-0.4, -0.2) is 37.7 Å². The highest BCUT2D eigenvalue weighted by molar-refractivity contribution is 5.79. The predicted octanol–water partition coefficient (Wildman–Crippen LogP) is 2.64. The van der Waals surface area contributed by atoms with Crippen molar-refractivity contribution in [2.24, 2.45) is 5.41 Å². The number of methoxy groups -OCH3 is 2. The van der Waals surface area contributed by atoms with Crippen molar-refractivity contribution >= 4 is 11.9 Å². The number of aliphatic carboxylic acids is 1. The lowest BCUT2D eigenvalue weighted by molar-refractivity contribution is -0.149. The summed E-state index contributed by atoms with van der Waals surface area (Å²) < 4.78 is 10.4. The van der Waals surface area contributed by atoms with Gasteiger partial charge in [0.05, 0.1) is 19.6 Å². The fourth-order valence-corrected chi connectivity index (χ4v) is 2.53. The number of benzene rings is 1. The first-order valence-corrected chi connectivity index (χ1v) is 8.13.